The van der Waals surface area contributed by atoms with E-state index in [2.05, 4.69) is 34.4 Å². The molecule has 0 saturated carbocycles. The SMILES string of the molecule is C(=Nc1nc(-c2ccccc2)c2c(-c3ccccc3)ccnn12)c1ccccc1. The third-order valence-corrected chi connectivity index (χ3v) is 4.78. The zero-order valence-electron chi connectivity index (χ0n) is 15.7. The van der Waals surface area contributed by atoms with Gasteiger partial charge in [-0.05, 0) is 17.2 Å². The molecule has 0 spiro atoms. The molecule has 0 radical (unpaired) electrons. The van der Waals surface area contributed by atoms with Gasteiger partial charge >= 0.3 is 0 Å². The van der Waals surface area contributed by atoms with E-state index >= 15 is 0 Å². The van der Waals surface area contributed by atoms with Gasteiger partial charge in [0.05, 0.1) is 0 Å². The number of hydrogen-bond acceptors (Lipinski definition) is 3. The van der Waals surface area contributed by atoms with Gasteiger partial charge in [-0.25, -0.2) is 9.98 Å². The van der Waals surface area contributed by atoms with Crippen molar-refractivity contribution in [3.63, 3.8) is 0 Å². The maximum Gasteiger partial charge on any atom is 0.251 e. The van der Waals surface area contributed by atoms with Crippen molar-refractivity contribution in [1.29, 1.82) is 0 Å². The van der Waals surface area contributed by atoms with Crippen LogP contribution in [0.4, 0.5) is 5.95 Å². The second-order valence-corrected chi connectivity index (χ2v) is 6.67. The lowest BCUT2D eigenvalue weighted by Crippen LogP contribution is -1.93. The molecule has 138 valence electrons. The fourth-order valence-electron chi connectivity index (χ4n) is 3.41. The van der Waals surface area contributed by atoms with Crippen LogP contribution < -0.4 is 0 Å². The molecular weight excluding hydrogens is 356 g/mol. The lowest BCUT2D eigenvalue weighted by atomic mass is 10.0. The molecule has 2 heterocycles. The molecule has 0 aliphatic carbocycles. The molecule has 29 heavy (non-hydrogen) atoms. The van der Waals surface area contributed by atoms with Gasteiger partial charge in [0.2, 0.25) is 0 Å². The van der Waals surface area contributed by atoms with Gasteiger partial charge in [-0.2, -0.15) is 9.61 Å². The molecule has 0 amide bonds. The monoisotopic (exact) mass is 374 g/mol. The molecule has 0 aliphatic heterocycles. The highest BCUT2D eigenvalue weighted by molar-refractivity contribution is 5.92. The normalized spacial score (nSPS) is 11.3. The Balaban J connectivity index is 1.75. The van der Waals surface area contributed by atoms with E-state index in [1.165, 1.54) is 0 Å². The summed E-state index contributed by atoms with van der Waals surface area (Å²) in [5.74, 6) is 0.556. The van der Waals surface area contributed by atoms with Gasteiger partial charge in [-0.1, -0.05) is 91.0 Å². The van der Waals surface area contributed by atoms with Crippen LogP contribution in [0, 0.1) is 0 Å². The van der Waals surface area contributed by atoms with Crippen LogP contribution in [0.1, 0.15) is 5.56 Å². The summed E-state index contributed by atoms with van der Waals surface area (Å²) in [7, 11) is 0. The van der Waals surface area contributed by atoms with E-state index in [0.29, 0.717) is 5.95 Å². The molecule has 0 aliphatic rings. The van der Waals surface area contributed by atoms with Crippen molar-refractivity contribution in [2.45, 2.75) is 0 Å². The molecule has 2 aromatic heterocycles. The van der Waals surface area contributed by atoms with Crippen molar-refractivity contribution in [2.75, 3.05) is 0 Å². The van der Waals surface area contributed by atoms with Gasteiger partial charge in [0.1, 0.15) is 11.2 Å². The van der Waals surface area contributed by atoms with Gasteiger partial charge < -0.3 is 0 Å². The van der Waals surface area contributed by atoms with E-state index in [1.807, 2.05) is 83.5 Å². The standard InChI is InChI=1S/C25H18N4/c1-4-10-19(11-5-1)18-26-25-28-23(21-14-8-3-9-15-21)24-22(16-17-27-29(24)25)20-12-6-2-7-13-20/h1-18H. The van der Waals surface area contributed by atoms with E-state index in [-0.39, 0.29) is 0 Å². The van der Waals surface area contributed by atoms with Crippen molar-refractivity contribution in [2.24, 2.45) is 4.99 Å². The molecule has 0 bridgehead atoms. The van der Waals surface area contributed by atoms with Crippen LogP contribution in [0.25, 0.3) is 27.9 Å². The third kappa shape index (κ3) is 3.32. The van der Waals surface area contributed by atoms with E-state index < -0.39 is 0 Å². The summed E-state index contributed by atoms with van der Waals surface area (Å²) in [5, 5.41) is 4.57. The number of aromatic nitrogens is 3. The zero-order valence-corrected chi connectivity index (χ0v) is 15.7. The van der Waals surface area contributed by atoms with Crippen LogP contribution in [0.5, 0.6) is 0 Å². The van der Waals surface area contributed by atoms with Crippen molar-refractivity contribution < 1.29 is 0 Å². The van der Waals surface area contributed by atoms with Crippen LogP contribution >= 0.6 is 0 Å². The van der Waals surface area contributed by atoms with E-state index in [1.54, 1.807) is 6.20 Å². The molecule has 0 unspecified atom stereocenters. The number of rotatable bonds is 4. The second kappa shape index (κ2) is 7.52. The smallest absolute Gasteiger partial charge is 0.219 e. The van der Waals surface area contributed by atoms with Gasteiger partial charge in [-0.3, -0.25) is 0 Å². The fraction of sp³-hybridized carbons (Fsp3) is 0. The Morgan fingerprint density at radius 2 is 1.31 bits per heavy atom. The van der Waals surface area contributed by atoms with Crippen LogP contribution in [0.15, 0.2) is 108 Å². The average molecular weight is 374 g/mol. The van der Waals surface area contributed by atoms with Gasteiger partial charge in [-0.15, -0.1) is 0 Å². The highest BCUT2D eigenvalue weighted by atomic mass is 15.3. The van der Waals surface area contributed by atoms with Gasteiger partial charge in [0, 0.05) is 23.5 Å². The number of fused-ring (bicyclic) bond motifs is 1. The number of benzene rings is 3. The van der Waals surface area contributed by atoms with Crippen molar-refractivity contribution >= 4 is 17.7 Å². The summed E-state index contributed by atoms with van der Waals surface area (Å²) >= 11 is 0. The van der Waals surface area contributed by atoms with Crippen LogP contribution in [0.3, 0.4) is 0 Å². The quantitative estimate of drug-likeness (QED) is 0.372. The van der Waals surface area contributed by atoms with E-state index in [9.17, 15) is 0 Å². The molecular formula is C25H18N4. The minimum Gasteiger partial charge on any atom is -0.219 e. The Kier molecular flexibility index (Phi) is 4.43. The second-order valence-electron chi connectivity index (χ2n) is 6.67. The first kappa shape index (κ1) is 17.1. The summed E-state index contributed by atoms with van der Waals surface area (Å²) in [4.78, 5) is 9.51. The number of imidazole rings is 1. The van der Waals surface area contributed by atoms with Gasteiger partial charge in [0.15, 0.2) is 0 Å². The Bertz CT molecular complexity index is 1270. The zero-order chi connectivity index (χ0) is 19.5. The molecule has 3 aromatic carbocycles. The summed E-state index contributed by atoms with van der Waals surface area (Å²) < 4.78 is 1.82. The number of nitrogens with zero attached hydrogens (tertiary/aromatic N) is 4. The first-order chi connectivity index (χ1) is 14.4. The maximum atomic E-state index is 4.86. The molecule has 4 nitrogen and oxygen atoms in total. The molecule has 0 N–H and O–H groups in total. The van der Waals surface area contributed by atoms with Crippen molar-refractivity contribution in [3.05, 3.63) is 109 Å². The minimum absolute atomic E-state index is 0.556. The predicted molar refractivity (Wildman–Crippen MR) is 118 cm³/mol. The number of hydrogen-bond donors (Lipinski definition) is 0. The fourth-order valence-corrected chi connectivity index (χ4v) is 3.41. The molecule has 0 saturated heterocycles. The highest BCUT2D eigenvalue weighted by Gasteiger charge is 2.17. The van der Waals surface area contributed by atoms with Crippen molar-refractivity contribution in [1.82, 2.24) is 14.6 Å². The van der Waals surface area contributed by atoms with E-state index in [0.717, 1.165) is 33.5 Å². The first-order valence-corrected chi connectivity index (χ1v) is 9.48. The van der Waals surface area contributed by atoms with E-state index in [4.69, 9.17) is 4.98 Å². The summed E-state index contributed by atoms with van der Waals surface area (Å²) in [6.45, 7) is 0. The molecule has 5 aromatic rings. The molecule has 0 fully saturated rings. The van der Waals surface area contributed by atoms with Gasteiger partial charge in [0.25, 0.3) is 5.95 Å². The minimum atomic E-state index is 0.556. The average Bonchev–Trinajstić information content (AvgIpc) is 3.18. The molecule has 0 atom stereocenters. The first-order valence-electron chi connectivity index (χ1n) is 9.48. The van der Waals surface area contributed by atoms with Crippen LogP contribution in [-0.4, -0.2) is 20.8 Å². The summed E-state index contributed by atoms with van der Waals surface area (Å²) in [6, 6.07) is 32.5. The Labute approximate surface area is 168 Å². The van der Waals surface area contributed by atoms with Crippen LogP contribution in [-0.2, 0) is 0 Å². The Hall–Kier alpha value is -4.05. The maximum absolute atomic E-state index is 4.86. The summed E-state index contributed by atoms with van der Waals surface area (Å²) in [6.07, 6.45) is 3.62. The lowest BCUT2D eigenvalue weighted by Gasteiger charge is -2.06. The highest BCUT2D eigenvalue weighted by Crippen LogP contribution is 2.34. The molecule has 5 rings (SSSR count). The summed E-state index contributed by atoms with van der Waals surface area (Å²) in [5.41, 5.74) is 6.08. The van der Waals surface area contributed by atoms with Crippen molar-refractivity contribution in [3.8, 4) is 22.4 Å². The predicted octanol–water partition coefficient (Wildman–Crippen LogP) is 5.81. The number of aliphatic imine (C=N–C) groups is 1. The Morgan fingerprint density at radius 3 is 2.00 bits per heavy atom. The third-order valence-electron chi connectivity index (χ3n) is 4.78. The molecule has 4 heteroatoms. The van der Waals surface area contributed by atoms with Crippen LogP contribution in [0.2, 0.25) is 0 Å². The lowest BCUT2D eigenvalue weighted by molar-refractivity contribution is 0.926. The Morgan fingerprint density at radius 1 is 0.690 bits per heavy atom. The largest absolute Gasteiger partial charge is 0.251 e. The topological polar surface area (TPSA) is 42.5 Å².